The summed E-state index contributed by atoms with van der Waals surface area (Å²) in [6.07, 6.45) is 5.46. The van der Waals surface area contributed by atoms with Crippen molar-refractivity contribution in [2.45, 2.75) is 26.2 Å². The average Bonchev–Trinajstić information content (AvgIpc) is 2.60. The SMILES string of the molecule is C=CCN(CC=C)c1ccc(N=Cc2cccc(C(C)(C)C)c2O)cc1. The molecule has 0 heterocycles. The standard InChI is InChI=1S/C23H28N2O/c1-6-15-25(16-7-2)20-13-11-19(12-14-20)24-17-18-9-8-10-21(22(18)26)23(3,4)5/h6-14,17,26H,1-2,15-16H2,3-5H3. The van der Waals surface area contributed by atoms with Gasteiger partial charge in [-0.05, 0) is 41.3 Å². The van der Waals surface area contributed by atoms with Crippen LogP contribution in [0.3, 0.4) is 0 Å². The molecule has 2 aromatic rings. The van der Waals surface area contributed by atoms with Gasteiger partial charge in [-0.1, -0.05) is 45.1 Å². The molecule has 26 heavy (non-hydrogen) atoms. The summed E-state index contributed by atoms with van der Waals surface area (Å²) < 4.78 is 0. The Kier molecular flexibility index (Phi) is 6.40. The van der Waals surface area contributed by atoms with Crippen LogP contribution in [0.25, 0.3) is 0 Å². The third-order valence-corrected chi connectivity index (χ3v) is 4.14. The molecule has 0 amide bonds. The van der Waals surface area contributed by atoms with E-state index in [1.807, 2.05) is 54.6 Å². The normalized spacial score (nSPS) is 11.5. The van der Waals surface area contributed by atoms with Crippen molar-refractivity contribution in [3.05, 3.63) is 78.9 Å². The lowest BCUT2D eigenvalue weighted by Crippen LogP contribution is -2.22. The van der Waals surface area contributed by atoms with Crippen LogP contribution in [0.2, 0.25) is 0 Å². The van der Waals surface area contributed by atoms with Crippen molar-refractivity contribution in [3.63, 3.8) is 0 Å². The van der Waals surface area contributed by atoms with Gasteiger partial charge in [-0.3, -0.25) is 4.99 Å². The van der Waals surface area contributed by atoms with Gasteiger partial charge in [0.25, 0.3) is 0 Å². The quantitative estimate of drug-likeness (QED) is 0.521. The van der Waals surface area contributed by atoms with Gasteiger partial charge in [0.05, 0.1) is 5.69 Å². The van der Waals surface area contributed by atoms with E-state index >= 15 is 0 Å². The molecule has 0 unspecified atom stereocenters. The Hall–Kier alpha value is -2.81. The zero-order chi connectivity index (χ0) is 19.2. The Morgan fingerprint density at radius 1 is 1.00 bits per heavy atom. The molecule has 2 rings (SSSR count). The van der Waals surface area contributed by atoms with Gasteiger partial charge in [0.2, 0.25) is 0 Å². The number of nitrogens with zero attached hydrogens (tertiary/aromatic N) is 2. The van der Waals surface area contributed by atoms with Gasteiger partial charge in [0, 0.05) is 30.6 Å². The maximum Gasteiger partial charge on any atom is 0.128 e. The number of hydrogen-bond donors (Lipinski definition) is 1. The number of phenolic OH excluding ortho intramolecular Hbond substituents is 1. The summed E-state index contributed by atoms with van der Waals surface area (Å²) >= 11 is 0. The Morgan fingerprint density at radius 3 is 2.15 bits per heavy atom. The fourth-order valence-corrected chi connectivity index (χ4v) is 2.76. The molecule has 1 N–H and O–H groups in total. The predicted octanol–water partition coefficient (Wildman–Crippen LogP) is 5.62. The first-order valence-corrected chi connectivity index (χ1v) is 8.80. The molecule has 0 saturated heterocycles. The van der Waals surface area contributed by atoms with E-state index in [1.54, 1.807) is 6.21 Å². The number of aromatic hydroxyl groups is 1. The molecule has 0 aliphatic rings. The second kappa shape index (κ2) is 8.52. The molecule has 0 aromatic heterocycles. The molecule has 0 atom stereocenters. The minimum Gasteiger partial charge on any atom is -0.507 e. The predicted molar refractivity (Wildman–Crippen MR) is 113 cm³/mol. The van der Waals surface area contributed by atoms with E-state index in [-0.39, 0.29) is 5.41 Å². The second-order valence-electron chi connectivity index (χ2n) is 7.25. The summed E-state index contributed by atoms with van der Waals surface area (Å²) in [5.41, 5.74) is 3.46. The molecule has 3 heteroatoms. The molecule has 136 valence electrons. The Labute approximate surface area is 157 Å². The van der Waals surface area contributed by atoms with Crippen molar-refractivity contribution in [2.75, 3.05) is 18.0 Å². The number of para-hydroxylation sites is 1. The van der Waals surface area contributed by atoms with Gasteiger partial charge >= 0.3 is 0 Å². The van der Waals surface area contributed by atoms with Crippen molar-refractivity contribution in [2.24, 2.45) is 4.99 Å². The summed E-state index contributed by atoms with van der Waals surface area (Å²) in [7, 11) is 0. The van der Waals surface area contributed by atoms with E-state index in [0.29, 0.717) is 5.75 Å². The first kappa shape index (κ1) is 19.5. The molecule has 0 aliphatic carbocycles. The largest absolute Gasteiger partial charge is 0.507 e. The number of aliphatic imine (C=N–C) groups is 1. The van der Waals surface area contributed by atoms with Gasteiger partial charge in [-0.2, -0.15) is 0 Å². The zero-order valence-electron chi connectivity index (χ0n) is 15.9. The maximum atomic E-state index is 10.5. The van der Waals surface area contributed by atoms with Crippen LogP contribution in [0.4, 0.5) is 11.4 Å². The first-order chi connectivity index (χ1) is 12.4. The third kappa shape index (κ3) is 4.85. The molecule has 0 saturated carbocycles. The van der Waals surface area contributed by atoms with Crippen LogP contribution >= 0.6 is 0 Å². The third-order valence-electron chi connectivity index (χ3n) is 4.14. The molecule has 2 aromatic carbocycles. The monoisotopic (exact) mass is 348 g/mol. The zero-order valence-corrected chi connectivity index (χ0v) is 15.9. The highest BCUT2D eigenvalue weighted by Crippen LogP contribution is 2.32. The van der Waals surface area contributed by atoms with E-state index in [2.05, 4.69) is 43.8 Å². The van der Waals surface area contributed by atoms with Crippen molar-refractivity contribution in [1.82, 2.24) is 0 Å². The van der Waals surface area contributed by atoms with Crippen LogP contribution in [0, 0.1) is 0 Å². The summed E-state index contributed by atoms with van der Waals surface area (Å²) in [5.74, 6) is 0.295. The van der Waals surface area contributed by atoms with Gasteiger partial charge in [0.1, 0.15) is 5.75 Å². The fourth-order valence-electron chi connectivity index (χ4n) is 2.76. The minimum atomic E-state index is -0.116. The first-order valence-electron chi connectivity index (χ1n) is 8.80. The van der Waals surface area contributed by atoms with Crippen LogP contribution in [0.15, 0.2) is 72.8 Å². The van der Waals surface area contributed by atoms with Crippen LogP contribution in [0.1, 0.15) is 31.9 Å². The highest BCUT2D eigenvalue weighted by Gasteiger charge is 2.19. The summed E-state index contributed by atoms with van der Waals surface area (Å²) in [4.78, 5) is 6.68. The molecular weight excluding hydrogens is 320 g/mol. The Balaban J connectivity index is 2.21. The van der Waals surface area contributed by atoms with Crippen molar-refractivity contribution >= 4 is 17.6 Å². The lowest BCUT2D eigenvalue weighted by molar-refractivity contribution is 0.446. The fraction of sp³-hybridized carbons (Fsp3) is 0.261. The summed E-state index contributed by atoms with van der Waals surface area (Å²) in [5, 5.41) is 10.5. The number of phenols is 1. The van der Waals surface area contributed by atoms with E-state index in [1.165, 1.54) is 0 Å². The highest BCUT2D eigenvalue weighted by molar-refractivity contribution is 5.86. The van der Waals surface area contributed by atoms with Crippen LogP contribution in [-0.4, -0.2) is 24.4 Å². The van der Waals surface area contributed by atoms with Crippen molar-refractivity contribution < 1.29 is 5.11 Å². The topological polar surface area (TPSA) is 35.8 Å². The smallest absolute Gasteiger partial charge is 0.128 e. The van der Waals surface area contributed by atoms with Crippen molar-refractivity contribution in [1.29, 1.82) is 0 Å². The number of anilines is 1. The molecule has 0 bridgehead atoms. The van der Waals surface area contributed by atoms with Crippen LogP contribution < -0.4 is 4.90 Å². The maximum absolute atomic E-state index is 10.5. The molecule has 0 aliphatic heterocycles. The highest BCUT2D eigenvalue weighted by atomic mass is 16.3. The second-order valence-corrected chi connectivity index (χ2v) is 7.25. The van der Waals surface area contributed by atoms with E-state index in [0.717, 1.165) is 35.6 Å². The number of hydrogen-bond acceptors (Lipinski definition) is 3. The average molecular weight is 348 g/mol. The van der Waals surface area contributed by atoms with Gasteiger partial charge in [-0.25, -0.2) is 0 Å². The molecular formula is C23H28N2O. The Morgan fingerprint density at radius 2 is 1.62 bits per heavy atom. The van der Waals surface area contributed by atoms with Gasteiger partial charge in [-0.15, -0.1) is 13.2 Å². The summed E-state index contributed by atoms with van der Waals surface area (Å²) in [6.45, 7) is 15.4. The summed E-state index contributed by atoms with van der Waals surface area (Å²) in [6, 6.07) is 13.8. The molecule has 0 fully saturated rings. The van der Waals surface area contributed by atoms with Crippen molar-refractivity contribution in [3.8, 4) is 5.75 Å². The van der Waals surface area contributed by atoms with E-state index < -0.39 is 0 Å². The molecule has 0 radical (unpaired) electrons. The number of rotatable bonds is 7. The van der Waals surface area contributed by atoms with Gasteiger partial charge in [0.15, 0.2) is 0 Å². The van der Waals surface area contributed by atoms with Gasteiger partial charge < -0.3 is 10.0 Å². The Bertz CT molecular complexity index is 773. The van der Waals surface area contributed by atoms with Crippen LogP contribution in [-0.2, 0) is 5.41 Å². The number of benzene rings is 2. The lowest BCUT2D eigenvalue weighted by Gasteiger charge is -2.21. The molecule has 0 spiro atoms. The minimum absolute atomic E-state index is 0.116. The lowest BCUT2D eigenvalue weighted by atomic mass is 9.85. The van der Waals surface area contributed by atoms with E-state index in [4.69, 9.17) is 0 Å². The van der Waals surface area contributed by atoms with E-state index in [9.17, 15) is 5.11 Å². The van der Waals surface area contributed by atoms with Crippen LogP contribution in [0.5, 0.6) is 5.75 Å². The molecule has 3 nitrogen and oxygen atoms in total.